The second-order valence-electron chi connectivity index (χ2n) is 3.34. The summed E-state index contributed by atoms with van der Waals surface area (Å²) in [5, 5.41) is 14.8. The molecule has 2 N–H and O–H groups in total. The van der Waals surface area contributed by atoms with Crippen molar-refractivity contribution in [1.29, 1.82) is 0 Å². The molecule has 0 aliphatic rings. The molecule has 2 aromatic rings. The fourth-order valence-electron chi connectivity index (χ4n) is 1.26. The minimum atomic E-state index is -1.33. The lowest BCUT2D eigenvalue weighted by Gasteiger charge is -2.02. The van der Waals surface area contributed by atoms with Crippen molar-refractivity contribution in [2.24, 2.45) is 0 Å². The van der Waals surface area contributed by atoms with Gasteiger partial charge in [0.2, 0.25) is 0 Å². The molecular formula is C10H8N4O4. The predicted molar refractivity (Wildman–Crippen MR) is 58.2 cm³/mol. The van der Waals surface area contributed by atoms with Gasteiger partial charge >= 0.3 is 5.97 Å². The molecule has 0 atom stereocenters. The molecule has 2 aromatic heterocycles. The summed E-state index contributed by atoms with van der Waals surface area (Å²) in [5.41, 5.74) is -0.708. The second-order valence-corrected chi connectivity index (χ2v) is 3.34. The normalized spacial score (nSPS) is 10.1. The maximum Gasteiger partial charge on any atom is 0.356 e. The summed E-state index contributed by atoms with van der Waals surface area (Å²) in [6.07, 6.45) is 2.43. The molecule has 92 valence electrons. The first-order valence-corrected chi connectivity index (χ1v) is 4.87. The Hall–Kier alpha value is -2.77. The predicted octanol–water partition coefficient (Wildman–Crippen LogP) is 0.724. The first-order chi connectivity index (χ1) is 8.58. The number of nitrogens with one attached hydrogen (secondary N) is 1. The van der Waals surface area contributed by atoms with Crippen LogP contribution in [0.5, 0.6) is 0 Å². The Kier molecular flexibility index (Phi) is 3.00. The number of carbonyl (C=O) groups is 2. The van der Waals surface area contributed by atoms with Gasteiger partial charge in [-0.1, -0.05) is 5.16 Å². The van der Waals surface area contributed by atoms with Gasteiger partial charge in [-0.15, -0.1) is 0 Å². The van der Waals surface area contributed by atoms with E-state index in [0.29, 0.717) is 5.76 Å². The Morgan fingerprint density at radius 2 is 1.94 bits per heavy atom. The summed E-state index contributed by atoms with van der Waals surface area (Å²) in [5.74, 6) is -1.35. The monoisotopic (exact) mass is 248 g/mol. The highest BCUT2D eigenvalue weighted by molar-refractivity contribution is 6.08. The van der Waals surface area contributed by atoms with Crippen molar-refractivity contribution >= 4 is 17.7 Å². The number of amides is 1. The lowest BCUT2D eigenvalue weighted by atomic mass is 10.3. The molecule has 0 saturated carbocycles. The molecule has 8 heteroatoms. The third-order valence-corrected chi connectivity index (χ3v) is 1.99. The van der Waals surface area contributed by atoms with Crippen LogP contribution in [0.15, 0.2) is 23.0 Å². The summed E-state index contributed by atoms with van der Waals surface area (Å²) in [6.45, 7) is 1.66. The van der Waals surface area contributed by atoms with Crippen LogP contribution < -0.4 is 5.32 Å². The molecule has 0 aromatic carbocycles. The quantitative estimate of drug-likeness (QED) is 0.821. The third kappa shape index (κ3) is 2.32. The SMILES string of the molecule is Cc1cc(NC(=O)c2nccnc2C(=O)O)no1. The Morgan fingerprint density at radius 3 is 2.50 bits per heavy atom. The van der Waals surface area contributed by atoms with Crippen molar-refractivity contribution in [3.63, 3.8) is 0 Å². The molecule has 0 aliphatic carbocycles. The van der Waals surface area contributed by atoms with Crippen LogP contribution >= 0.6 is 0 Å². The highest BCUT2D eigenvalue weighted by Gasteiger charge is 2.20. The van der Waals surface area contributed by atoms with Crippen molar-refractivity contribution < 1.29 is 19.2 Å². The number of anilines is 1. The van der Waals surface area contributed by atoms with Gasteiger partial charge in [0.15, 0.2) is 17.2 Å². The van der Waals surface area contributed by atoms with E-state index in [1.807, 2.05) is 0 Å². The molecule has 2 heterocycles. The van der Waals surface area contributed by atoms with Crippen LogP contribution in [0.25, 0.3) is 0 Å². The summed E-state index contributed by atoms with van der Waals surface area (Å²) in [7, 11) is 0. The van der Waals surface area contributed by atoms with Crippen molar-refractivity contribution in [1.82, 2.24) is 15.1 Å². The van der Waals surface area contributed by atoms with E-state index in [1.165, 1.54) is 18.5 Å². The minimum Gasteiger partial charge on any atom is -0.476 e. The molecular weight excluding hydrogens is 240 g/mol. The molecule has 0 unspecified atom stereocenters. The summed E-state index contributed by atoms with van der Waals surface area (Å²) in [4.78, 5) is 29.9. The van der Waals surface area contributed by atoms with Gasteiger partial charge in [-0.05, 0) is 6.92 Å². The summed E-state index contributed by atoms with van der Waals surface area (Å²) in [6, 6.07) is 1.49. The van der Waals surface area contributed by atoms with Crippen LogP contribution in [0.3, 0.4) is 0 Å². The first kappa shape index (κ1) is 11.7. The molecule has 2 rings (SSSR count). The van der Waals surface area contributed by atoms with Gasteiger partial charge in [-0.25, -0.2) is 14.8 Å². The van der Waals surface area contributed by atoms with E-state index < -0.39 is 17.6 Å². The largest absolute Gasteiger partial charge is 0.476 e. The van der Waals surface area contributed by atoms with Crippen LogP contribution in [0.2, 0.25) is 0 Å². The zero-order valence-corrected chi connectivity index (χ0v) is 9.25. The van der Waals surface area contributed by atoms with E-state index in [9.17, 15) is 9.59 Å². The van der Waals surface area contributed by atoms with Crippen molar-refractivity contribution in [2.75, 3.05) is 5.32 Å². The van der Waals surface area contributed by atoms with Crippen molar-refractivity contribution in [2.45, 2.75) is 6.92 Å². The standard InChI is InChI=1S/C10H8N4O4/c1-5-4-6(14-18-5)13-9(15)7-8(10(16)17)12-3-2-11-7/h2-4H,1H3,(H,16,17)(H,13,14,15). The second kappa shape index (κ2) is 4.62. The number of carbonyl (C=O) groups excluding carboxylic acids is 1. The number of aromatic nitrogens is 3. The minimum absolute atomic E-state index is 0.180. The molecule has 8 nitrogen and oxygen atoms in total. The molecule has 0 radical (unpaired) electrons. The number of aromatic carboxylic acids is 1. The van der Waals surface area contributed by atoms with Gasteiger partial charge in [-0.3, -0.25) is 4.79 Å². The number of rotatable bonds is 3. The van der Waals surface area contributed by atoms with E-state index in [-0.39, 0.29) is 11.5 Å². The lowest BCUT2D eigenvalue weighted by Crippen LogP contribution is -2.19. The Bertz CT molecular complexity index is 607. The number of carboxylic acid groups (broad SMARTS) is 1. The fourth-order valence-corrected chi connectivity index (χ4v) is 1.26. The highest BCUT2D eigenvalue weighted by atomic mass is 16.5. The average molecular weight is 248 g/mol. The number of aryl methyl sites for hydroxylation is 1. The van der Waals surface area contributed by atoms with Crippen molar-refractivity contribution in [3.8, 4) is 0 Å². The molecule has 18 heavy (non-hydrogen) atoms. The highest BCUT2D eigenvalue weighted by Crippen LogP contribution is 2.10. The van der Waals surface area contributed by atoms with Crippen LogP contribution in [0.4, 0.5) is 5.82 Å². The molecule has 0 fully saturated rings. The van der Waals surface area contributed by atoms with E-state index >= 15 is 0 Å². The van der Waals surface area contributed by atoms with Gasteiger partial charge in [0.25, 0.3) is 5.91 Å². The van der Waals surface area contributed by atoms with E-state index in [4.69, 9.17) is 9.63 Å². The molecule has 0 saturated heterocycles. The molecule has 0 bridgehead atoms. The average Bonchev–Trinajstić information content (AvgIpc) is 2.74. The Balaban J connectivity index is 2.26. The smallest absolute Gasteiger partial charge is 0.356 e. The Labute approximate surface area is 101 Å². The van der Waals surface area contributed by atoms with Crippen LogP contribution in [-0.4, -0.2) is 32.1 Å². The van der Waals surface area contributed by atoms with Gasteiger partial charge in [0.1, 0.15) is 5.76 Å². The first-order valence-electron chi connectivity index (χ1n) is 4.87. The lowest BCUT2D eigenvalue weighted by molar-refractivity contribution is 0.0685. The molecule has 0 aliphatic heterocycles. The van der Waals surface area contributed by atoms with E-state index in [1.54, 1.807) is 6.92 Å². The number of nitrogens with zero attached hydrogens (tertiary/aromatic N) is 3. The number of hydrogen-bond acceptors (Lipinski definition) is 6. The van der Waals surface area contributed by atoms with Gasteiger partial charge < -0.3 is 14.9 Å². The summed E-state index contributed by atoms with van der Waals surface area (Å²) < 4.78 is 4.76. The zero-order valence-electron chi connectivity index (χ0n) is 9.25. The van der Waals surface area contributed by atoms with Crippen molar-refractivity contribution in [3.05, 3.63) is 35.6 Å². The number of hydrogen-bond donors (Lipinski definition) is 2. The van der Waals surface area contributed by atoms with Gasteiger partial charge in [0.05, 0.1) is 0 Å². The van der Waals surface area contributed by atoms with E-state index in [2.05, 4.69) is 20.4 Å². The van der Waals surface area contributed by atoms with Gasteiger partial charge in [0, 0.05) is 18.5 Å². The molecule has 1 amide bonds. The maximum absolute atomic E-state index is 11.8. The summed E-state index contributed by atoms with van der Waals surface area (Å²) >= 11 is 0. The van der Waals surface area contributed by atoms with Crippen LogP contribution in [0.1, 0.15) is 26.7 Å². The third-order valence-electron chi connectivity index (χ3n) is 1.99. The maximum atomic E-state index is 11.8. The van der Waals surface area contributed by atoms with Crippen LogP contribution in [0, 0.1) is 6.92 Å². The molecule has 0 spiro atoms. The van der Waals surface area contributed by atoms with Crippen LogP contribution in [-0.2, 0) is 0 Å². The van der Waals surface area contributed by atoms with E-state index in [0.717, 1.165) is 0 Å². The topological polar surface area (TPSA) is 118 Å². The zero-order chi connectivity index (χ0) is 13.1. The fraction of sp³-hybridized carbons (Fsp3) is 0.100. The Morgan fingerprint density at radius 1 is 1.28 bits per heavy atom. The number of carboxylic acids is 1. The van der Waals surface area contributed by atoms with Gasteiger partial charge in [-0.2, -0.15) is 0 Å².